The molecule has 0 fully saturated rings. The van der Waals surface area contributed by atoms with Gasteiger partial charge in [-0.25, -0.2) is 9.78 Å². The van der Waals surface area contributed by atoms with Crippen LogP contribution in [-0.4, -0.2) is 55.2 Å². The number of halogens is 1. The maximum atomic E-state index is 10.9. The van der Waals surface area contributed by atoms with Crippen LogP contribution in [0, 0.1) is 6.92 Å². The van der Waals surface area contributed by atoms with Gasteiger partial charge in [-0.1, -0.05) is 6.08 Å². The van der Waals surface area contributed by atoms with E-state index in [9.17, 15) is 9.59 Å². The number of benzene rings is 1. The normalized spacial score (nSPS) is 10.3. The lowest BCUT2D eigenvalue weighted by Crippen LogP contribution is -2.20. The summed E-state index contributed by atoms with van der Waals surface area (Å²) in [5, 5.41) is 8.92. The van der Waals surface area contributed by atoms with Crippen LogP contribution in [0.1, 0.15) is 27.3 Å². The molecule has 5 N–H and O–H groups in total. The van der Waals surface area contributed by atoms with Crippen molar-refractivity contribution in [1.29, 1.82) is 0 Å². The zero-order chi connectivity index (χ0) is 24.1. The number of hydrogen-bond donors (Lipinski definition) is 3. The molecule has 0 radical (unpaired) electrons. The third-order valence-electron chi connectivity index (χ3n) is 4.04. The standard InChI is InChI=1S/C11H15ClN2O.C11H13NO5/c1-15-11-5-4-9(6-8-13)14-10(11)3-2-7-12;1-6-3-9(17-5-10(12)13)8(16-2)4-7(6)11(14)15/h2-5H,6-8,13H2,1H3;3-4H,5H2,1-2H3,(H2,12,13)(H,14,15)/b3-2+;. The summed E-state index contributed by atoms with van der Waals surface area (Å²) in [6, 6.07) is 6.65. The molecule has 0 aliphatic carbocycles. The van der Waals surface area contributed by atoms with Gasteiger partial charge in [0.1, 0.15) is 11.4 Å². The largest absolute Gasteiger partial charge is 0.494 e. The topological polar surface area (TPSA) is 147 Å². The predicted molar refractivity (Wildman–Crippen MR) is 123 cm³/mol. The number of rotatable bonds is 10. The number of hydrogen-bond acceptors (Lipinski definition) is 7. The lowest BCUT2D eigenvalue weighted by atomic mass is 10.1. The summed E-state index contributed by atoms with van der Waals surface area (Å²) in [4.78, 5) is 25.9. The summed E-state index contributed by atoms with van der Waals surface area (Å²) in [7, 11) is 3.01. The third-order valence-corrected chi connectivity index (χ3v) is 4.22. The number of methoxy groups -OCH3 is 2. The lowest BCUT2D eigenvalue weighted by molar-refractivity contribution is -0.119. The molecule has 2 rings (SSSR count). The number of alkyl halides is 1. The van der Waals surface area contributed by atoms with E-state index in [-0.39, 0.29) is 23.7 Å². The predicted octanol–water partition coefficient (Wildman–Crippen LogP) is 2.41. The second-order valence-electron chi connectivity index (χ2n) is 6.36. The smallest absolute Gasteiger partial charge is 0.336 e. The monoisotopic (exact) mass is 465 g/mol. The molecule has 0 unspecified atom stereocenters. The van der Waals surface area contributed by atoms with Gasteiger partial charge in [0, 0.05) is 18.0 Å². The Kier molecular flexibility index (Phi) is 11.6. The first-order chi connectivity index (χ1) is 15.3. The Balaban J connectivity index is 0.000000323. The van der Waals surface area contributed by atoms with E-state index in [0.717, 1.165) is 23.6 Å². The van der Waals surface area contributed by atoms with Crippen molar-refractivity contribution in [2.75, 3.05) is 33.3 Å². The van der Waals surface area contributed by atoms with E-state index in [2.05, 4.69) is 4.98 Å². The number of aryl methyl sites for hydroxylation is 1. The molecule has 0 bridgehead atoms. The molecule has 0 spiro atoms. The molecular formula is C22H28ClN3O6. The maximum Gasteiger partial charge on any atom is 0.336 e. The Labute approximate surface area is 191 Å². The molecule has 1 aromatic carbocycles. The first-order valence-corrected chi connectivity index (χ1v) is 10.1. The molecule has 9 nitrogen and oxygen atoms in total. The number of carboxylic acids is 1. The average molecular weight is 466 g/mol. The second-order valence-corrected chi connectivity index (χ2v) is 6.67. The van der Waals surface area contributed by atoms with Crippen molar-refractivity contribution >= 4 is 29.6 Å². The number of carbonyl (C=O) groups is 2. The van der Waals surface area contributed by atoms with E-state index >= 15 is 0 Å². The quantitative estimate of drug-likeness (QED) is 0.453. The molecular weight excluding hydrogens is 438 g/mol. The van der Waals surface area contributed by atoms with Crippen LogP contribution in [0.25, 0.3) is 6.08 Å². The Morgan fingerprint density at radius 3 is 2.38 bits per heavy atom. The SMILES string of the molecule is COc1cc(C(=O)O)c(C)cc1OCC(N)=O.COc1ccc(CCN)nc1/C=C/CCl. The van der Waals surface area contributed by atoms with Gasteiger partial charge in [-0.3, -0.25) is 4.79 Å². The number of nitrogens with two attached hydrogens (primary N) is 2. The number of primary amides is 1. The van der Waals surface area contributed by atoms with E-state index in [1.54, 1.807) is 14.0 Å². The van der Waals surface area contributed by atoms with Gasteiger partial charge in [0.25, 0.3) is 5.91 Å². The fourth-order valence-electron chi connectivity index (χ4n) is 2.55. The Morgan fingerprint density at radius 1 is 1.16 bits per heavy atom. The van der Waals surface area contributed by atoms with Crippen LogP contribution in [0.15, 0.2) is 30.3 Å². The molecule has 174 valence electrons. The highest BCUT2D eigenvalue weighted by Crippen LogP contribution is 2.30. The van der Waals surface area contributed by atoms with E-state index in [1.165, 1.54) is 19.2 Å². The van der Waals surface area contributed by atoms with Crippen LogP contribution in [0.4, 0.5) is 0 Å². The highest BCUT2D eigenvalue weighted by atomic mass is 35.5. The molecule has 1 heterocycles. The van der Waals surface area contributed by atoms with Crippen LogP contribution in [-0.2, 0) is 11.2 Å². The average Bonchev–Trinajstić information content (AvgIpc) is 2.76. The Morgan fingerprint density at radius 2 is 1.84 bits per heavy atom. The number of carboxylic acid groups (broad SMARTS) is 1. The molecule has 0 saturated carbocycles. The van der Waals surface area contributed by atoms with Crippen LogP contribution >= 0.6 is 11.6 Å². The molecule has 1 aromatic heterocycles. The van der Waals surface area contributed by atoms with Crippen molar-refractivity contribution < 1.29 is 28.9 Å². The third kappa shape index (κ3) is 8.44. The van der Waals surface area contributed by atoms with Gasteiger partial charge in [-0.2, -0.15) is 0 Å². The van der Waals surface area contributed by atoms with Crippen molar-refractivity contribution in [2.45, 2.75) is 13.3 Å². The summed E-state index contributed by atoms with van der Waals surface area (Å²) < 4.78 is 15.3. The minimum absolute atomic E-state index is 0.119. The summed E-state index contributed by atoms with van der Waals surface area (Å²) in [5.41, 5.74) is 12.8. The molecule has 0 aliphatic heterocycles. The van der Waals surface area contributed by atoms with Crippen LogP contribution in [0.3, 0.4) is 0 Å². The van der Waals surface area contributed by atoms with Crippen molar-refractivity contribution in [3.63, 3.8) is 0 Å². The summed E-state index contributed by atoms with van der Waals surface area (Å²) in [6.45, 7) is 1.93. The zero-order valence-electron chi connectivity index (χ0n) is 18.3. The zero-order valence-corrected chi connectivity index (χ0v) is 19.0. The first-order valence-electron chi connectivity index (χ1n) is 9.56. The van der Waals surface area contributed by atoms with E-state index in [0.29, 0.717) is 18.0 Å². The van der Waals surface area contributed by atoms with Gasteiger partial charge in [0.05, 0.1) is 19.8 Å². The minimum Gasteiger partial charge on any atom is -0.494 e. The minimum atomic E-state index is -1.05. The number of aromatic nitrogens is 1. The molecule has 0 atom stereocenters. The number of amides is 1. The number of carbonyl (C=O) groups excluding carboxylic acids is 1. The summed E-state index contributed by atoms with van der Waals surface area (Å²) in [6.07, 6.45) is 4.45. The number of nitrogens with zero attached hydrogens (tertiary/aromatic N) is 1. The number of ether oxygens (including phenoxy) is 3. The molecule has 2 aromatic rings. The van der Waals surface area contributed by atoms with E-state index < -0.39 is 11.9 Å². The summed E-state index contributed by atoms with van der Waals surface area (Å²) >= 11 is 5.57. The molecule has 0 aliphatic rings. The lowest BCUT2D eigenvalue weighted by Gasteiger charge is -2.11. The van der Waals surface area contributed by atoms with Crippen LogP contribution in [0.2, 0.25) is 0 Å². The van der Waals surface area contributed by atoms with Crippen molar-refractivity contribution in [2.24, 2.45) is 11.5 Å². The van der Waals surface area contributed by atoms with Crippen molar-refractivity contribution in [3.8, 4) is 17.2 Å². The van der Waals surface area contributed by atoms with Gasteiger partial charge >= 0.3 is 5.97 Å². The van der Waals surface area contributed by atoms with Gasteiger partial charge in [0.15, 0.2) is 18.1 Å². The van der Waals surface area contributed by atoms with Gasteiger partial charge in [0.2, 0.25) is 0 Å². The first kappa shape index (κ1) is 26.7. The van der Waals surface area contributed by atoms with E-state index in [4.69, 9.17) is 42.4 Å². The molecule has 10 heteroatoms. The molecule has 32 heavy (non-hydrogen) atoms. The second kappa shape index (κ2) is 13.9. The number of aromatic carboxylic acids is 1. The summed E-state index contributed by atoms with van der Waals surface area (Å²) in [5.74, 6) is 0.0702. The fourth-order valence-corrected chi connectivity index (χ4v) is 2.64. The number of allylic oxidation sites excluding steroid dienone is 1. The molecule has 0 saturated heterocycles. The molecule has 1 amide bonds. The fraction of sp³-hybridized carbons (Fsp3) is 0.318. The van der Waals surface area contributed by atoms with Gasteiger partial charge in [-0.05, 0) is 49.4 Å². The van der Waals surface area contributed by atoms with Crippen molar-refractivity contribution in [3.05, 3.63) is 52.9 Å². The van der Waals surface area contributed by atoms with Crippen LogP contribution < -0.4 is 25.7 Å². The van der Waals surface area contributed by atoms with Crippen molar-refractivity contribution in [1.82, 2.24) is 4.98 Å². The Bertz CT molecular complexity index is 950. The highest BCUT2D eigenvalue weighted by molar-refractivity contribution is 6.19. The van der Waals surface area contributed by atoms with Gasteiger partial charge < -0.3 is 30.8 Å². The van der Waals surface area contributed by atoms with Gasteiger partial charge in [-0.15, -0.1) is 11.6 Å². The Hall–Kier alpha value is -3.30. The number of pyridine rings is 1. The van der Waals surface area contributed by atoms with Crippen LogP contribution in [0.5, 0.6) is 17.2 Å². The van der Waals surface area contributed by atoms with E-state index in [1.807, 2.05) is 24.3 Å². The highest BCUT2D eigenvalue weighted by Gasteiger charge is 2.14. The maximum absolute atomic E-state index is 10.9.